The minimum absolute atomic E-state index is 0.0102. The summed E-state index contributed by atoms with van der Waals surface area (Å²) in [6, 6.07) is 10.9. The standard InChI is InChI=1S/C23H24N4O6S/c1-15-24-22(33-25-15)17-3-2-10-27(14-17)23(28)16-4-6-18(7-5-16)26-34(29,30)19-8-9-20-21(13-19)32-12-11-31-20/h4-9,13,17,26H,2-3,10-12,14H2,1H3. The molecule has 2 aliphatic heterocycles. The summed E-state index contributed by atoms with van der Waals surface area (Å²) < 4.78 is 44.4. The van der Waals surface area contributed by atoms with Crippen molar-refractivity contribution in [2.45, 2.75) is 30.6 Å². The monoisotopic (exact) mass is 484 g/mol. The van der Waals surface area contributed by atoms with Crippen molar-refractivity contribution in [1.29, 1.82) is 0 Å². The van der Waals surface area contributed by atoms with E-state index in [9.17, 15) is 13.2 Å². The van der Waals surface area contributed by atoms with Crippen LogP contribution in [-0.2, 0) is 10.0 Å². The van der Waals surface area contributed by atoms with Gasteiger partial charge in [0, 0.05) is 30.4 Å². The molecule has 0 spiro atoms. The first-order valence-electron chi connectivity index (χ1n) is 11.0. The molecule has 178 valence electrons. The number of aryl methyl sites for hydroxylation is 1. The Labute approximate surface area is 196 Å². The molecule has 0 saturated carbocycles. The van der Waals surface area contributed by atoms with Crippen LogP contribution in [0, 0.1) is 6.92 Å². The zero-order valence-electron chi connectivity index (χ0n) is 18.6. The van der Waals surface area contributed by atoms with E-state index in [2.05, 4.69) is 14.9 Å². The van der Waals surface area contributed by atoms with Gasteiger partial charge in [0.15, 0.2) is 17.3 Å². The van der Waals surface area contributed by atoms with E-state index >= 15 is 0 Å². The summed E-state index contributed by atoms with van der Waals surface area (Å²) in [7, 11) is -3.84. The number of sulfonamides is 1. The number of hydrogen-bond acceptors (Lipinski definition) is 8. The van der Waals surface area contributed by atoms with Crippen LogP contribution in [0.25, 0.3) is 0 Å². The number of nitrogens with one attached hydrogen (secondary N) is 1. The first-order chi connectivity index (χ1) is 16.4. The highest BCUT2D eigenvalue weighted by molar-refractivity contribution is 7.92. The molecule has 2 aromatic carbocycles. The molecule has 1 saturated heterocycles. The van der Waals surface area contributed by atoms with Crippen molar-refractivity contribution in [2.24, 2.45) is 0 Å². The van der Waals surface area contributed by atoms with Crippen molar-refractivity contribution in [3.05, 3.63) is 59.7 Å². The highest BCUT2D eigenvalue weighted by Crippen LogP contribution is 2.33. The van der Waals surface area contributed by atoms with Crippen LogP contribution in [0.2, 0.25) is 0 Å². The number of piperidine rings is 1. The smallest absolute Gasteiger partial charge is 0.262 e. The predicted molar refractivity (Wildman–Crippen MR) is 122 cm³/mol. The number of carbonyl (C=O) groups is 1. The first-order valence-corrected chi connectivity index (χ1v) is 12.5. The Morgan fingerprint density at radius 1 is 1.09 bits per heavy atom. The zero-order valence-corrected chi connectivity index (χ0v) is 19.4. The van der Waals surface area contributed by atoms with Gasteiger partial charge < -0.3 is 18.9 Å². The lowest BCUT2D eigenvalue weighted by Gasteiger charge is -2.31. The zero-order chi connectivity index (χ0) is 23.7. The Morgan fingerprint density at radius 3 is 2.59 bits per heavy atom. The molecule has 5 rings (SSSR count). The second kappa shape index (κ2) is 8.98. The van der Waals surface area contributed by atoms with Gasteiger partial charge in [0.05, 0.1) is 10.8 Å². The molecule has 1 amide bonds. The molecule has 11 heteroatoms. The molecule has 10 nitrogen and oxygen atoms in total. The van der Waals surface area contributed by atoms with Gasteiger partial charge >= 0.3 is 0 Å². The fourth-order valence-corrected chi connectivity index (χ4v) is 5.18. The number of hydrogen-bond donors (Lipinski definition) is 1. The van der Waals surface area contributed by atoms with E-state index in [1.807, 2.05) is 0 Å². The summed E-state index contributed by atoms with van der Waals surface area (Å²) in [5, 5.41) is 3.84. The fourth-order valence-electron chi connectivity index (χ4n) is 4.11. The van der Waals surface area contributed by atoms with E-state index in [0.717, 1.165) is 12.8 Å². The molecule has 1 atom stereocenters. The molecule has 0 bridgehead atoms. The lowest BCUT2D eigenvalue weighted by Crippen LogP contribution is -2.39. The quantitative estimate of drug-likeness (QED) is 0.586. The molecular formula is C23H24N4O6S. The number of likely N-dealkylation sites (tertiary alicyclic amines) is 1. The van der Waals surface area contributed by atoms with Crippen molar-refractivity contribution in [3.8, 4) is 11.5 Å². The maximum absolute atomic E-state index is 13.0. The van der Waals surface area contributed by atoms with Crippen LogP contribution in [0.4, 0.5) is 5.69 Å². The number of fused-ring (bicyclic) bond motifs is 1. The molecule has 34 heavy (non-hydrogen) atoms. The molecule has 0 aliphatic carbocycles. The van der Waals surface area contributed by atoms with Crippen LogP contribution in [0.5, 0.6) is 11.5 Å². The van der Waals surface area contributed by atoms with Crippen molar-refractivity contribution in [1.82, 2.24) is 15.0 Å². The number of amides is 1. The molecule has 0 radical (unpaired) electrons. The number of aromatic nitrogens is 2. The number of rotatable bonds is 5. The van der Waals surface area contributed by atoms with E-state index in [1.165, 1.54) is 12.1 Å². The van der Waals surface area contributed by atoms with Crippen molar-refractivity contribution in [3.63, 3.8) is 0 Å². The van der Waals surface area contributed by atoms with E-state index < -0.39 is 10.0 Å². The second-order valence-corrected chi connectivity index (χ2v) is 9.94. The van der Waals surface area contributed by atoms with Gasteiger partial charge in [0.25, 0.3) is 15.9 Å². The number of nitrogens with zero attached hydrogens (tertiary/aromatic N) is 3. The van der Waals surface area contributed by atoms with E-state index in [1.54, 1.807) is 42.2 Å². The third-order valence-corrected chi connectivity index (χ3v) is 7.19. The minimum atomic E-state index is -3.84. The van der Waals surface area contributed by atoms with E-state index in [4.69, 9.17) is 14.0 Å². The van der Waals surface area contributed by atoms with Crippen LogP contribution in [0.3, 0.4) is 0 Å². The van der Waals surface area contributed by atoms with Crippen LogP contribution in [0.15, 0.2) is 51.9 Å². The fraction of sp³-hybridized carbons (Fsp3) is 0.348. The van der Waals surface area contributed by atoms with Crippen LogP contribution in [0.1, 0.15) is 40.8 Å². The number of carbonyl (C=O) groups excluding carboxylic acids is 1. The van der Waals surface area contributed by atoms with Crippen LogP contribution >= 0.6 is 0 Å². The Balaban J connectivity index is 1.26. The highest BCUT2D eigenvalue weighted by Gasteiger charge is 2.29. The maximum Gasteiger partial charge on any atom is 0.262 e. The molecule has 3 aromatic rings. The van der Waals surface area contributed by atoms with Gasteiger partial charge in [-0.25, -0.2) is 8.42 Å². The Hall–Kier alpha value is -3.60. The molecule has 1 fully saturated rings. The lowest BCUT2D eigenvalue weighted by molar-refractivity contribution is 0.0695. The van der Waals surface area contributed by atoms with E-state index in [-0.39, 0.29) is 16.7 Å². The molecule has 3 heterocycles. The second-order valence-electron chi connectivity index (χ2n) is 8.26. The Morgan fingerprint density at radius 2 is 1.85 bits per heavy atom. The maximum atomic E-state index is 13.0. The van der Waals surface area contributed by atoms with Crippen molar-refractivity contribution < 1.29 is 27.2 Å². The van der Waals surface area contributed by atoms with Gasteiger partial charge in [-0.3, -0.25) is 9.52 Å². The third kappa shape index (κ3) is 4.56. The van der Waals surface area contributed by atoms with Crippen LogP contribution < -0.4 is 14.2 Å². The Bertz CT molecular complexity index is 1310. The van der Waals surface area contributed by atoms with Crippen molar-refractivity contribution in [2.75, 3.05) is 31.0 Å². The lowest BCUT2D eigenvalue weighted by atomic mass is 9.97. The molecule has 1 unspecified atom stereocenters. The number of anilines is 1. The summed E-state index contributed by atoms with van der Waals surface area (Å²) in [6.07, 6.45) is 1.72. The molecule has 1 N–H and O–H groups in total. The first kappa shape index (κ1) is 22.2. The topological polar surface area (TPSA) is 124 Å². The number of benzene rings is 2. The van der Waals surface area contributed by atoms with Gasteiger partial charge in [0.1, 0.15) is 13.2 Å². The summed E-state index contributed by atoms with van der Waals surface area (Å²) in [4.78, 5) is 19.2. The molecular weight excluding hydrogens is 460 g/mol. The predicted octanol–water partition coefficient (Wildman–Crippen LogP) is 2.97. The largest absolute Gasteiger partial charge is 0.486 e. The minimum Gasteiger partial charge on any atom is -0.486 e. The van der Waals surface area contributed by atoms with Gasteiger partial charge in [-0.15, -0.1) is 0 Å². The average molecular weight is 485 g/mol. The van der Waals surface area contributed by atoms with Crippen LogP contribution in [-0.4, -0.2) is 55.7 Å². The highest BCUT2D eigenvalue weighted by atomic mass is 32.2. The summed E-state index contributed by atoms with van der Waals surface area (Å²) in [5.41, 5.74) is 0.828. The van der Waals surface area contributed by atoms with Gasteiger partial charge in [-0.1, -0.05) is 5.16 Å². The molecule has 1 aromatic heterocycles. The number of ether oxygens (including phenoxy) is 2. The summed E-state index contributed by atoms with van der Waals surface area (Å²) >= 11 is 0. The molecule has 2 aliphatic rings. The van der Waals surface area contributed by atoms with Gasteiger partial charge in [-0.2, -0.15) is 4.98 Å². The third-order valence-electron chi connectivity index (χ3n) is 5.81. The summed E-state index contributed by atoms with van der Waals surface area (Å²) in [5.74, 6) is 1.93. The SMILES string of the molecule is Cc1noc(C2CCCN(C(=O)c3ccc(NS(=O)(=O)c4ccc5c(c4)OCCO5)cc3)C2)n1. The van der Waals surface area contributed by atoms with Gasteiger partial charge in [0.2, 0.25) is 5.89 Å². The van der Waals surface area contributed by atoms with Crippen molar-refractivity contribution >= 4 is 21.6 Å². The normalized spacial score (nSPS) is 17.9. The van der Waals surface area contributed by atoms with E-state index in [0.29, 0.717) is 60.8 Å². The summed E-state index contributed by atoms with van der Waals surface area (Å²) in [6.45, 7) is 3.70. The Kier molecular flexibility index (Phi) is 5.86. The average Bonchev–Trinajstić information content (AvgIpc) is 3.30. The van der Waals surface area contributed by atoms with Gasteiger partial charge in [-0.05, 0) is 56.2 Å².